The maximum atomic E-state index is 12.3. The summed E-state index contributed by atoms with van der Waals surface area (Å²) in [4.78, 5) is 21.0. The highest BCUT2D eigenvalue weighted by atomic mass is 35.5. The third-order valence-corrected chi connectivity index (χ3v) is 4.87. The van der Waals surface area contributed by atoms with E-state index >= 15 is 0 Å². The van der Waals surface area contributed by atoms with E-state index < -0.39 is 0 Å². The lowest BCUT2D eigenvalue weighted by Gasteiger charge is -2.29. The van der Waals surface area contributed by atoms with E-state index in [1.54, 1.807) is 37.6 Å². The second-order valence-corrected chi connectivity index (χ2v) is 7.00. The molecule has 0 aliphatic heterocycles. The fraction of sp³-hybridized carbons (Fsp3) is 0.421. The van der Waals surface area contributed by atoms with Crippen LogP contribution in [0.5, 0.6) is 5.88 Å². The zero-order valence-corrected chi connectivity index (χ0v) is 15.7. The lowest BCUT2D eigenvalue weighted by molar-refractivity contribution is 0.0926. The van der Waals surface area contributed by atoms with Crippen LogP contribution in [0.3, 0.4) is 0 Å². The fourth-order valence-corrected chi connectivity index (χ4v) is 3.26. The van der Waals surface area contributed by atoms with E-state index in [0.29, 0.717) is 28.5 Å². The second-order valence-electron chi connectivity index (χ2n) is 6.56. The van der Waals surface area contributed by atoms with Crippen LogP contribution in [-0.2, 0) is 0 Å². The summed E-state index contributed by atoms with van der Waals surface area (Å²) in [5.41, 5.74) is 1.54. The maximum Gasteiger partial charge on any atom is 0.251 e. The van der Waals surface area contributed by atoms with Crippen molar-refractivity contribution in [3.63, 3.8) is 0 Å². The molecule has 1 aromatic carbocycles. The molecule has 138 valence electrons. The summed E-state index contributed by atoms with van der Waals surface area (Å²) in [7, 11) is 1.60. The zero-order valence-electron chi connectivity index (χ0n) is 15.0. The molecule has 3 rings (SSSR count). The molecule has 0 radical (unpaired) electrons. The van der Waals surface area contributed by atoms with Crippen molar-refractivity contribution in [1.82, 2.24) is 15.3 Å². The average molecular weight is 375 g/mol. The Labute approximate surface area is 158 Å². The minimum absolute atomic E-state index is 0.0512. The van der Waals surface area contributed by atoms with Gasteiger partial charge >= 0.3 is 0 Å². The predicted molar refractivity (Wildman–Crippen MR) is 102 cm³/mol. The van der Waals surface area contributed by atoms with Crippen LogP contribution in [-0.4, -0.2) is 35.1 Å². The van der Waals surface area contributed by atoms with Crippen molar-refractivity contribution in [3.8, 4) is 5.88 Å². The molecule has 1 heterocycles. The van der Waals surface area contributed by atoms with E-state index in [2.05, 4.69) is 20.6 Å². The molecule has 0 bridgehead atoms. The number of nitrogens with one attached hydrogen (secondary N) is 2. The number of nitrogens with zero attached hydrogens (tertiary/aromatic N) is 2. The molecule has 0 unspecified atom stereocenters. The first-order valence-electron chi connectivity index (χ1n) is 8.75. The van der Waals surface area contributed by atoms with Gasteiger partial charge in [-0.15, -0.1) is 0 Å². The van der Waals surface area contributed by atoms with Gasteiger partial charge in [-0.1, -0.05) is 11.6 Å². The van der Waals surface area contributed by atoms with E-state index in [9.17, 15) is 4.79 Å². The van der Waals surface area contributed by atoms with Gasteiger partial charge in [0.15, 0.2) is 0 Å². The summed E-state index contributed by atoms with van der Waals surface area (Å²) in [6.45, 7) is 1.91. The van der Waals surface area contributed by atoms with Crippen LogP contribution in [0.2, 0.25) is 5.02 Å². The van der Waals surface area contributed by atoms with Gasteiger partial charge in [-0.25, -0.2) is 4.98 Å². The van der Waals surface area contributed by atoms with Gasteiger partial charge in [0, 0.05) is 34.4 Å². The van der Waals surface area contributed by atoms with Gasteiger partial charge in [-0.3, -0.25) is 4.79 Å². The van der Waals surface area contributed by atoms with Gasteiger partial charge in [0.2, 0.25) is 11.8 Å². The quantitative estimate of drug-likeness (QED) is 0.836. The number of ether oxygens (including phenoxy) is 1. The number of hydrogen-bond acceptors (Lipinski definition) is 5. The van der Waals surface area contributed by atoms with Crippen molar-refractivity contribution >= 4 is 23.5 Å². The van der Waals surface area contributed by atoms with Crippen LogP contribution in [0, 0.1) is 6.92 Å². The summed E-state index contributed by atoms with van der Waals surface area (Å²) >= 11 is 5.86. The van der Waals surface area contributed by atoms with Crippen molar-refractivity contribution < 1.29 is 9.53 Å². The second kappa shape index (κ2) is 8.36. The van der Waals surface area contributed by atoms with Crippen molar-refractivity contribution in [2.75, 3.05) is 12.4 Å². The normalized spacial score (nSPS) is 19.7. The van der Waals surface area contributed by atoms with Crippen LogP contribution in [0.25, 0.3) is 0 Å². The van der Waals surface area contributed by atoms with Crippen LogP contribution in [0.15, 0.2) is 30.5 Å². The summed E-state index contributed by atoms with van der Waals surface area (Å²) in [5.74, 6) is 1.12. The molecule has 1 amide bonds. The fourth-order valence-electron chi connectivity index (χ4n) is 3.14. The van der Waals surface area contributed by atoms with Gasteiger partial charge in [0.1, 0.15) is 0 Å². The summed E-state index contributed by atoms with van der Waals surface area (Å²) < 4.78 is 5.24. The Morgan fingerprint density at radius 2 is 1.81 bits per heavy atom. The van der Waals surface area contributed by atoms with Crippen molar-refractivity contribution in [2.45, 2.75) is 44.7 Å². The molecule has 0 spiro atoms. The Bertz CT molecular complexity index is 759. The Hall–Kier alpha value is -2.34. The summed E-state index contributed by atoms with van der Waals surface area (Å²) in [5, 5.41) is 7.10. The van der Waals surface area contributed by atoms with Crippen molar-refractivity contribution in [1.29, 1.82) is 0 Å². The van der Waals surface area contributed by atoms with E-state index in [4.69, 9.17) is 16.3 Å². The predicted octanol–water partition coefficient (Wildman–Crippen LogP) is 3.60. The highest BCUT2D eigenvalue weighted by molar-refractivity contribution is 6.30. The number of methoxy groups -OCH3 is 1. The topological polar surface area (TPSA) is 76.1 Å². The van der Waals surface area contributed by atoms with Gasteiger partial charge in [0.25, 0.3) is 5.91 Å². The third kappa shape index (κ3) is 4.64. The average Bonchev–Trinajstić information content (AvgIpc) is 2.65. The molecule has 7 heteroatoms. The first-order valence-corrected chi connectivity index (χ1v) is 9.13. The third-order valence-electron chi connectivity index (χ3n) is 4.62. The van der Waals surface area contributed by atoms with Crippen LogP contribution >= 0.6 is 11.6 Å². The number of anilines is 1. The highest BCUT2D eigenvalue weighted by Gasteiger charge is 2.23. The number of rotatable bonds is 5. The Morgan fingerprint density at radius 3 is 2.46 bits per heavy atom. The van der Waals surface area contributed by atoms with Crippen molar-refractivity contribution in [3.05, 3.63) is 46.6 Å². The molecule has 0 atom stereocenters. The van der Waals surface area contributed by atoms with Crippen LogP contribution in [0.1, 0.15) is 41.6 Å². The zero-order chi connectivity index (χ0) is 18.5. The molecule has 26 heavy (non-hydrogen) atoms. The standard InChI is InChI=1S/C19H23ClN4O2/c1-12-11-21-19(24-18(12)26-2)23-16-9-7-15(8-10-16)22-17(25)13-3-5-14(20)6-4-13/h3-6,11,15-16H,7-10H2,1-2H3,(H,22,25)(H,21,23,24). The maximum absolute atomic E-state index is 12.3. The minimum Gasteiger partial charge on any atom is -0.481 e. The first-order chi connectivity index (χ1) is 12.5. The lowest BCUT2D eigenvalue weighted by Crippen LogP contribution is -2.40. The molecule has 1 saturated carbocycles. The Kier molecular flexibility index (Phi) is 5.93. The smallest absolute Gasteiger partial charge is 0.251 e. The van der Waals surface area contributed by atoms with Gasteiger partial charge < -0.3 is 15.4 Å². The number of halogens is 1. The van der Waals surface area contributed by atoms with E-state index in [0.717, 1.165) is 31.2 Å². The largest absolute Gasteiger partial charge is 0.481 e. The van der Waals surface area contributed by atoms with Gasteiger partial charge in [-0.05, 0) is 56.9 Å². The van der Waals surface area contributed by atoms with E-state index in [-0.39, 0.29) is 11.9 Å². The first kappa shape index (κ1) is 18.5. The molecule has 0 saturated heterocycles. The number of aromatic nitrogens is 2. The van der Waals surface area contributed by atoms with Crippen LogP contribution < -0.4 is 15.4 Å². The molecule has 2 aromatic rings. The van der Waals surface area contributed by atoms with Gasteiger partial charge in [0.05, 0.1) is 7.11 Å². The van der Waals surface area contributed by atoms with Crippen molar-refractivity contribution in [2.24, 2.45) is 0 Å². The molecule has 1 aromatic heterocycles. The minimum atomic E-state index is -0.0512. The molecular formula is C19H23ClN4O2. The Balaban J connectivity index is 1.49. The monoisotopic (exact) mass is 374 g/mol. The summed E-state index contributed by atoms with van der Waals surface area (Å²) in [6, 6.07) is 7.43. The number of carbonyl (C=O) groups is 1. The van der Waals surface area contributed by atoms with E-state index in [1.807, 2.05) is 6.92 Å². The number of benzene rings is 1. The molecule has 6 nitrogen and oxygen atoms in total. The van der Waals surface area contributed by atoms with Gasteiger partial charge in [-0.2, -0.15) is 4.98 Å². The number of amides is 1. The SMILES string of the molecule is COc1nc(NC2CCC(NC(=O)c3ccc(Cl)cc3)CC2)ncc1C. The van der Waals surface area contributed by atoms with Crippen LogP contribution in [0.4, 0.5) is 5.95 Å². The van der Waals surface area contributed by atoms with E-state index in [1.165, 1.54) is 0 Å². The summed E-state index contributed by atoms with van der Waals surface area (Å²) in [6.07, 6.45) is 5.49. The molecule has 2 N–H and O–H groups in total. The lowest BCUT2D eigenvalue weighted by atomic mass is 9.91. The molecule has 1 aliphatic rings. The highest BCUT2D eigenvalue weighted by Crippen LogP contribution is 2.23. The number of hydrogen-bond donors (Lipinski definition) is 2. The number of carbonyl (C=O) groups excluding carboxylic acids is 1. The molecule has 1 fully saturated rings. The molecule has 1 aliphatic carbocycles. The Morgan fingerprint density at radius 1 is 1.15 bits per heavy atom. The number of aryl methyl sites for hydroxylation is 1. The molecular weight excluding hydrogens is 352 g/mol.